The van der Waals surface area contributed by atoms with Gasteiger partial charge in [0.05, 0.1) is 11.6 Å². The average molecular weight is 382 g/mol. The van der Waals surface area contributed by atoms with Crippen LogP contribution in [0.1, 0.15) is 21.3 Å². The van der Waals surface area contributed by atoms with E-state index < -0.39 is 11.7 Å². The van der Waals surface area contributed by atoms with Crippen molar-refractivity contribution in [1.82, 2.24) is 15.1 Å². The molecular weight excluding hydrogens is 361 g/mol. The lowest BCUT2D eigenvalue weighted by molar-refractivity contribution is 0.0886. The number of piperazine rings is 1. The molecule has 1 amide bonds. The third kappa shape index (κ3) is 4.58. The van der Waals surface area contributed by atoms with Gasteiger partial charge < -0.3 is 10.2 Å². The number of nitrogens with one attached hydrogen (secondary N) is 1. The highest BCUT2D eigenvalue weighted by Gasteiger charge is 2.25. The van der Waals surface area contributed by atoms with Crippen LogP contribution in [-0.4, -0.2) is 55.5 Å². The van der Waals surface area contributed by atoms with Crippen LogP contribution < -0.4 is 5.32 Å². The van der Waals surface area contributed by atoms with Crippen LogP contribution in [0.2, 0.25) is 5.02 Å². The smallest absolute Gasteiger partial charge is 0.254 e. The number of carbonyl (C=O) groups is 1. The maximum Gasteiger partial charge on any atom is 0.254 e. The summed E-state index contributed by atoms with van der Waals surface area (Å²) in [5.74, 6) is -1.01. The van der Waals surface area contributed by atoms with Gasteiger partial charge in [0.1, 0.15) is 5.82 Å². The molecule has 1 fully saturated rings. The number of rotatable bonds is 5. The second-order valence-electron chi connectivity index (χ2n) is 6.20. The van der Waals surface area contributed by atoms with Crippen molar-refractivity contribution in [1.29, 1.82) is 0 Å². The van der Waals surface area contributed by atoms with E-state index in [0.29, 0.717) is 6.54 Å². The zero-order chi connectivity index (χ0) is 17.8. The van der Waals surface area contributed by atoms with Gasteiger partial charge in [-0.15, -0.1) is 11.3 Å². The summed E-state index contributed by atoms with van der Waals surface area (Å²) >= 11 is 7.43. The third-order valence-corrected chi connectivity index (χ3v) is 5.69. The van der Waals surface area contributed by atoms with Crippen molar-refractivity contribution in [2.75, 3.05) is 39.8 Å². The van der Waals surface area contributed by atoms with Crippen LogP contribution in [0.5, 0.6) is 0 Å². The first-order chi connectivity index (χ1) is 12.0. The summed E-state index contributed by atoms with van der Waals surface area (Å²) in [6.07, 6.45) is 0. The number of benzene rings is 1. The lowest BCUT2D eigenvalue weighted by Crippen LogP contribution is -2.48. The average Bonchev–Trinajstić information content (AvgIpc) is 3.10. The van der Waals surface area contributed by atoms with Crippen molar-refractivity contribution in [2.45, 2.75) is 6.04 Å². The fourth-order valence-corrected chi connectivity index (χ4v) is 4.00. The topological polar surface area (TPSA) is 35.6 Å². The van der Waals surface area contributed by atoms with Crippen molar-refractivity contribution in [2.24, 2.45) is 0 Å². The Morgan fingerprint density at radius 1 is 1.32 bits per heavy atom. The number of hydrogen-bond acceptors (Lipinski definition) is 4. The molecule has 2 heterocycles. The zero-order valence-electron chi connectivity index (χ0n) is 14.0. The van der Waals surface area contributed by atoms with E-state index in [1.165, 1.54) is 17.0 Å². The SMILES string of the molecule is CN1CCN([C@H](CNC(=O)c2ccc(Cl)cc2F)c2cccs2)CC1. The molecule has 0 aliphatic carbocycles. The van der Waals surface area contributed by atoms with Crippen LogP contribution in [0.15, 0.2) is 35.7 Å². The van der Waals surface area contributed by atoms with Crippen LogP contribution in [-0.2, 0) is 0 Å². The van der Waals surface area contributed by atoms with Gasteiger partial charge in [-0.05, 0) is 36.7 Å². The van der Waals surface area contributed by atoms with E-state index in [9.17, 15) is 9.18 Å². The number of nitrogens with zero attached hydrogens (tertiary/aromatic N) is 2. The largest absolute Gasteiger partial charge is 0.350 e. The molecule has 0 radical (unpaired) electrons. The molecule has 25 heavy (non-hydrogen) atoms. The molecule has 4 nitrogen and oxygen atoms in total. The van der Waals surface area contributed by atoms with E-state index in [0.717, 1.165) is 32.2 Å². The van der Waals surface area contributed by atoms with Crippen LogP contribution in [0, 0.1) is 5.82 Å². The highest BCUT2D eigenvalue weighted by Crippen LogP contribution is 2.26. The van der Waals surface area contributed by atoms with Crippen molar-refractivity contribution in [3.05, 3.63) is 57.0 Å². The van der Waals surface area contributed by atoms with Gasteiger partial charge in [0.25, 0.3) is 5.91 Å². The first-order valence-electron chi connectivity index (χ1n) is 8.24. The molecule has 1 aliphatic rings. The molecule has 7 heteroatoms. The van der Waals surface area contributed by atoms with Crippen molar-refractivity contribution in [3.8, 4) is 0 Å². The molecule has 0 unspecified atom stereocenters. The van der Waals surface area contributed by atoms with Gasteiger partial charge in [0.2, 0.25) is 0 Å². The summed E-state index contributed by atoms with van der Waals surface area (Å²) in [6, 6.07) is 8.31. The summed E-state index contributed by atoms with van der Waals surface area (Å²) in [5, 5.41) is 5.21. The van der Waals surface area contributed by atoms with Crippen LogP contribution in [0.3, 0.4) is 0 Å². The Balaban J connectivity index is 1.69. The second-order valence-corrected chi connectivity index (χ2v) is 7.62. The van der Waals surface area contributed by atoms with Crippen LogP contribution >= 0.6 is 22.9 Å². The number of carbonyl (C=O) groups excluding carboxylic acids is 1. The fraction of sp³-hybridized carbons (Fsp3) is 0.389. The molecule has 3 rings (SSSR count). The number of amides is 1. The summed E-state index contributed by atoms with van der Waals surface area (Å²) in [6.45, 7) is 4.35. The molecule has 1 atom stereocenters. The molecule has 1 aromatic heterocycles. The first kappa shape index (κ1) is 18.3. The minimum Gasteiger partial charge on any atom is -0.350 e. The van der Waals surface area contributed by atoms with Gasteiger partial charge in [0.15, 0.2) is 0 Å². The summed E-state index contributed by atoms with van der Waals surface area (Å²) in [5.41, 5.74) is 0.0210. The number of likely N-dealkylation sites (N-methyl/N-ethyl adjacent to an activating group) is 1. The minimum absolute atomic E-state index is 0.0210. The number of halogens is 2. The predicted octanol–water partition coefficient (Wildman–Crippen LogP) is 3.26. The molecule has 0 saturated carbocycles. The quantitative estimate of drug-likeness (QED) is 0.863. The number of thiophene rings is 1. The molecule has 0 spiro atoms. The van der Waals surface area contributed by atoms with Gasteiger partial charge >= 0.3 is 0 Å². The molecule has 1 aliphatic heterocycles. The highest BCUT2D eigenvalue weighted by atomic mass is 35.5. The lowest BCUT2D eigenvalue weighted by Gasteiger charge is -2.37. The predicted molar refractivity (Wildman–Crippen MR) is 99.9 cm³/mol. The number of hydrogen-bond donors (Lipinski definition) is 1. The Labute approximate surface area is 156 Å². The van der Waals surface area contributed by atoms with E-state index in [-0.39, 0.29) is 16.6 Å². The van der Waals surface area contributed by atoms with E-state index >= 15 is 0 Å². The summed E-state index contributed by atoms with van der Waals surface area (Å²) in [4.78, 5) is 18.3. The molecule has 1 saturated heterocycles. The maximum atomic E-state index is 13.9. The highest BCUT2D eigenvalue weighted by molar-refractivity contribution is 7.10. The van der Waals surface area contributed by atoms with Gasteiger partial charge in [-0.1, -0.05) is 17.7 Å². The van der Waals surface area contributed by atoms with E-state index in [1.54, 1.807) is 11.3 Å². The Kier molecular flexibility index (Phi) is 6.06. The Bertz CT molecular complexity index is 717. The first-order valence-corrected chi connectivity index (χ1v) is 9.49. The molecular formula is C18H21ClFN3OS. The monoisotopic (exact) mass is 381 g/mol. The van der Waals surface area contributed by atoms with Crippen LogP contribution in [0.4, 0.5) is 4.39 Å². The van der Waals surface area contributed by atoms with E-state index in [1.807, 2.05) is 11.4 Å². The van der Waals surface area contributed by atoms with Crippen molar-refractivity contribution in [3.63, 3.8) is 0 Å². The normalized spacial score (nSPS) is 17.4. The van der Waals surface area contributed by atoms with Crippen LogP contribution in [0.25, 0.3) is 0 Å². The molecule has 2 aromatic rings. The molecule has 0 bridgehead atoms. The van der Waals surface area contributed by atoms with Gasteiger partial charge in [-0.25, -0.2) is 4.39 Å². The van der Waals surface area contributed by atoms with E-state index in [2.05, 4.69) is 28.2 Å². The zero-order valence-corrected chi connectivity index (χ0v) is 15.6. The van der Waals surface area contributed by atoms with Gasteiger partial charge in [-0.3, -0.25) is 9.69 Å². The maximum absolute atomic E-state index is 13.9. The molecule has 134 valence electrons. The third-order valence-electron chi connectivity index (χ3n) is 4.48. The lowest BCUT2D eigenvalue weighted by atomic mass is 10.1. The molecule has 1 N–H and O–H groups in total. The van der Waals surface area contributed by atoms with Crippen molar-refractivity contribution < 1.29 is 9.18 Å². The summed E-state index contributed by atoms with van der Waals surface area (Å²) in [7, 11) is 2.11. The van der Waals surface area contributed by atoms with Crippen molar-refractivity contribution >= 4 is 28.8 Å². The second kappa shape index (κ2) is 8.27. The Morgan fingerprint density at radius 2 is 2.08 bits per heavy atom. The fourth-order valence-electron chi connectivity index (χ4n) is 2.98. The van der Waals surface area contributed by atoms with E-state index in [4.69, 9.17) is 11.6 Å². The standard InChI is InChI=1S/C18H21ClFN3OS/c1-22-6-8-23(9-7-22)16(17-3-2-10-25-17)12-21-18(24)14-5-4-13(19)11-15(14)20/h2-5,10-11,16H,6-9,12H2,1H3,(H,21,24)/t16-/m1/s1. The Morgan fingerprint density at radius 3 is 2.72 bits per heavy atom. The minimum atomic E-state index is -0.600. The molecule has 1 aromatic carbocycles. The van der Waals surface area contributed by atoms with Gasteiger partial charge in [-0.2, -0.15) is 0 Å². The summed E-state index contributed by atoms with van der Waals surface area (Å²) < 4.78 is 13.9. The van der Waals surface area contributed by atoms with Gasteiger partial charge in [0, 0.05) is 42.6 Å². The Hall–Kier alpha value is -1.47.